The Kier molecular flexibility index (Phi) is 6.80. The molecule has 0 spiro atoms. The second-order valence-electron chi connectivity index (χ2n) is 4.96. The molecule has 124 valence electrons. The fourth-order valence-corrected chi connectivity index (χ4v) is 2.03. The van der Waals surface area contributed by atoms with Crippen LogP contribution in [0.1, 0.15) is 11.1 Å². The molecule has 0 N–H and O–H groups in total. The first-order valence-electron chi connectivity index (χ1n) is 7.58. The van der Waals surface area contributed by atoms with E-state index < -0.39 is 5.78 Å². The summed E-state index contributed by atoms with van der Waals surface area (Å²) >= 11 is 0. The Labute approximate surface area is 146 Å². The van der Waals surface area contributed by atoms with E-state index in [4.69, 9.17) is 4.84 Å². The molecule has 0 saturated carbocycles. The van der Waals surface area contributed by atoms with Gasteiger partial charge in [0.05, 0.1) is 0 Å². The van der Waals surface area contributed by atoms with Crippen LogP contribution >= 0.6 is 0 Å². The molecule has 2 aromatic rings. The fraction of sp³-hybridized carbons (Fsp3) is 0.0500. The number of rotatable bonds is 7. The summed E-state index contributed by atoms with van der Waals surface area (Å²) in [5, 5.41) is 3.77. The summed E-state index contributed by atoms with van der Waals surface area (Å²) in [6.45, 7) is 0. The highest BCUT2D eigenvalue weighted by Crippen LogP contribution is 2.04. The third-order valence-electron chi connectivity index (χ3n) is 3.23. The maximum Gasteiger partial charge on any atom is 0.390 e. The van der Waals surface area contributed by atoms with Gasteiger partial charge in [-0.1, -0.05) is 78.0 Å². The van der Waals surface area contributed by atoms with Gasteiger partial charge in [-0.25, -0.2) is 0 Å². The molecule has 5 heteroatoms. The van der Waals surface area contributed by atoms with Crippen LogP contribution < -0.4 is 0 Å². The average molecular weight is 331 g/mol. The van der Waals surface area contributed by atoms with Gasteiger partial charge in [0.1, 0.15) is 7.11 Å². The van der Waals surface area contributed by atoms with Gasteiger partial charge in [0, 0.05) is 0 Å². The highest BCUT2D eigenvalue weighted by atomic mass is 16.6. The number of carbonyl (C=O) groups excluding carboxylic acids is 1. The molecule has 0 fully saturated rings. The van der Waals surface area contributed by atoms with E-state index in [1.807, 2.05) is 60.7 Å². The molecule has 0 heterocycles. The molecule has 0 saturated heterocycles. The number of hydrogen-bond acceptors (Lipinski definition) is 3. The van der Waals surface area contributed by atoms with E-state index in [0.717, 1.165) is 11.1 Å². The topological polar surface area (TPSA) is 75.1 Å². The number of oxime groups is 1. The minimum Gasteiger partial charge on any atom is -0.398 e. The lowest BCUT2D eigenvalue weighted by molar-refractivity contribution is -0.112. The Bertz CT molecular complexity index is 847. The molecule has 0 aliphatic rings. The van der Waals surface area contributed by atoms with Crippen LogP contribution in [0.4, 0.5) is 0 Å². The Morgan fingerprint density at radius 3 is 1.96 bits per heavy atom. The van der Waals surface area contributed by atoms with E-state index >= 15 is 0 Å². The summed E-state index contributed by atoms with van der Waals surface area (Å²) in [6.07, 6.45) is 6.27. The molecule has 2 rings (SSSR count). The second-order valence-corrected chi connectivity index (χ2v) is 4.96. The predicted molar refractivity (Wildman–Crippen MR) is 99.0 cm³/mol. The van der Waals surface area contributed by atoms with Crippen LogP contribution in [-0.4, -0.2) is 29.1 Å². The van der Waals surface area contributed by atoms with Crippen LogP contribution in [0, 0.1) is 0 Å². The molecule has 0 radical (unpaired) electrons. The van der Waals surface area contributed by atoms with Crippen LogP contribution in [0.5, 0.6) is 0 Å². The van der Waals surface area contributed by atoms with Crippen molar-refractivity contribution in [3.05, 3.63) is 89.5 Å². The van der Waals surface area contributed by atoms with E-state index in [1.165, 1.54) is 13.2 Å². The molecule has 0 bridgehead atoms. The van der Waals surface area contributed by atoms with Gasteiger partial charge in [0.2, 0.25) is 0 Å². The summed E-state index contributed by atoms with van der Waals surface area (Å²) in [5.74, 6) is -0.486. The molecular weight excluding hydrogens is 314 g/mol. The summed E-state index contributed by atoms with van der Waals surface area (Å²) in [7, 11) is 1.36. The minimum atomic E-state index is -0.486. The second kappa shape index (κ2) is 9.55. The van der Waals surface area contributed by atoms with Crippen molar-refractivity contribution < 1.29 is 14.4 Å². The highest BCUT2D eigenvalue weighted by molar-refractivity contribution is 6.70. The van der Waals surface area contributed by atoms with E-state index in [9.17, 15) is 10.3 Å². The van der Waals surface area contributed by atoms with E-state index in [-0.39, 0.29) is 11.4 Å². The molecule has 0 aliphatic carbocycles. The molecule has 0 aromatic heterocycles. The molecule has 5 nitrogen and oxygen atoms in total. The zero-order valence-corrected chi connectivity index (χ0v) is 13.7. The van der Waals surface area contributed by atoms with E-state index in [0.29, 0.717) is 0 Å². The van der Waals surface area contributed by atoms with Gasteiger partial charge in [0.15, 0.2) is 5.71 Å². The van der Waals surface area contributed by atoms with Crippen molar-refractivity contribution in [3.8, 4) is 0 Å². The lowest BCUT2D eigenvalue weighted by Crippen LogP contribution is -2.22. The maximum absolute atomic E-state index is 12.3. The van der Waals surface area contributed by atoms with Crippen LogP contribution in [-0.2, 0) is 9.63 Å². The van der Waals surface area contributed by atoms with Crippen molar-refractivity contribution in [2.45, 2.75) is 0 Å². The lowest BCUT2D eigenvalue weighted by atomic mass is 10.1. The van der Waals surface area contributed by atoms with Gasteiger partial charge < -0.3 is 10.4 Å². The van der Waals surface area contributed by atoms with Gasteiger partial charge >= 0.3 is 5.71 Å². The quantitative estimate of drug-likeness (QED) is 0.255. The Morgan fingerprint density at radius 2 is 1.48 bits per heavy atom. The zero-order valence-electron chi connectivity index (χ0n) is 13.7. The third kappa shape index (κ3) is 5.53. The summed E-state index contributed by atoms with van der Waals surface area (Å²) < 4.78 is 0. The van der Waals surface area contributed by atoms with Crippen molar-refractivity contribution >= 4 is 29.4 Å². The van der Waals surface area contributed by atoms with Crippen LogP contribution in [0.25, 0.3) is 17.7 Å². The van der Waals surface area contributed by atoms with Crippen molar-refractivity contribution in [1.29, 1.82) is 0 Å². The fourth-order valence-electron chi connectivity index (χ4n) is 2.03. The van der Waals surface area contributed by atoms with Crippen molar-refractivity contribution in [1.82, 2.24) is 0 Å². The molecule has 0 atom stereocenters. The smallest absolute Gasteiger partial charge is 0.390 e. The third-order valence-corrected chi connectivity index (χ3v) is 3.23. The average Bonchev–Trinajstić information content (AvgIpc) is 2.66. The Morgan fingerprint density at radius 1 is 0.960 bits per heavy atom. The number of carbonyl (C=O) groups is 1. The molecule has 0 amide bonds. The largest absolute Gasteiger partial charge is 0.398 e. The van der Waals surface area contributed by atoms with Gasteiger partial charge in [-0.15, -0.1) is 0 Å². The van der Waals surface area contributed by atoms with Gasteiger partial charge in [-0.2, -0.15) is 4.79 Å². The summed E-state index contributed by atoms with van der Waals surface area (Å²) in [5.41, 5.74) is 10.9. The molecule has 0 aliphatic heterocycles. The van der Waals surface area contributed by atoms with Gasteiger partial charge in [-0.3, -0.25) is 4.79 Å². The minimum absolute atomic E-state index is 0.122. The maximum atomic E-state index is 12.3. The molecule has 2 aromatic carbocycles. The number of benzene rings is 2. The van der Waals surface area contributed by atoms with Crippen LogP contribution in [0.15, 0.2) is 78.0 Å². The van der Waals surface area contributed by atoms with E-state index in [1.54, 1.807) is 18.2 Å². The van der Waals surface area contributed by atoms with Crippen LogP contribution in [0.3, 0.4) is 0 Å². The molecule has 25 heavy (non-hydrogen) atoms. The van der Waals surface area contributed by atoms with Crippen LogP contribution in [0.2, 0.25) is 0 Å². The molecular formula is C20H17N3O2. The summed E-state index contributed by atoms with van der Waals surface area (Å²) in [6, 6.07) is 18.8. The summed E-state index contributed by atoms with van der Waals surface area (Å²) in [4.78, 5) is 20.2. The van der Waals surface area contributed by atoms with Crippen molar-refractivity contribution in [2.75, 3.05) is 7.11 Å². The number of ketones is 1. The first kappa shape index (κ1) is 17.8. The monoisotopic (exact) mass is 331 g/mol. The highest BCUT2D eigenvalue weighted by Gasteiger charge is 2.23. The van der Waals surface area contributed by atoms with E-state index in [2.05, 4.69) is 9.95 Å². The van der Waals surface area contributed by atoms with Crippen molar-refractivity contribution in [2.24, 2.45) is 5.16 Å². The number of allylic oxidation sites excluding steroid dienone is 2. The SMILES string of the molecule is CO/N=C(\C=C\c1ccccc1)C(=[N+]=[N-])C(=O)/C=C/c1ccccc1. The van der Waals surface area contributed by atoms with Gasteiger partial charge in [-0.05, 0) is 23.3 Å². The lowest BCUT2D eigenvalue weighted by Gasteiger charge is -1.95. The van der Waals surface area contributed by atoms with Crippen molar-refractivity contribution in [3.63, 3.8) is 0 Å². The normalized spacial score (nSPS) is 11.5. The first-order valence-corrected chi connectivity index (χ1v) is 7.58. The Hall–Kier alpha value is -3.56. The molecule has 0 unspecified atom stereocenters. The first-order chi connectivity index (χ1) is 12.2. The number of nitrogens with zero attached hydrogens (tertiary/aromatic N) is 3. The van der Waals surface area contributed by atoms with Gasteiger partial charge in [0.25, 0.3) is 5.78 Å². The zero-order chi connectivity index (χ0) is 17.9. The standard InChI is InChI=1S/C20H17N3O2/c1-25-23-18(14-12-16-8-4-2-5-9-16)20(22-21)19(24)15-13-17-10-6-3-7-11-17/h2-15H,1H3/b14-12+,15-13+,23-18+. The predicted octanol–water partition coefficient (Wildman–Crippen LogP) is 3.66. The Balaban J connectivity index is 2.21. The number of hydrogen-bond donors (Lipinski definition) is 0.